The Balaban J connectivity index is 2.15. The number of nitriles is 1. The molecule has 0 fully saturated rings. The first-order valence-corrected chi connectivity index (χ1v) is 9.12. The maximum absolute atomic E-state index is 13.0. The van der Waals surface area contributed by atoms with Gasteiger partial charge in [-0.05, 0) is 49.4 Å². The summed E-state index contributed by atoms with van der Waals surface area (Å²) in [6.07, 6.45) is 0. The largest absolute Gasteiger partial charge is 0.511 e. The summed E-state index contributed by atoms with van der Waals surface area (Å²) in [4.78, 5) is 25.4. The van der Waals surface area contributed by atoms with Crippen LogP contribution < -0.4 is 5.32 Å². The van der Waals surface area contributed by atoms with E-state index < -0.39 is 23.0 Å². The monoisotopic (exact) mass is 458 g/mol. The number of ketones is 1. The number of fused-ring (bicyclic) bond motifs is 1. The Morgan fingerprint density at radius 1 is 1.21 bits per heavy atom. The highest BCUT2D eigenvalue weighted by Crippen LogP contribution is 2.35. The van der Waals surface area contributed by atoms with Gasteiger partial charge in [0.15, 0.2) is 11.3 Å². The predicted octanol–water partition coefficient (Wildman–Crippen LogP) is 5.37. The van der Waals surface area contributed by atoms with Crippen molar-refractivity contribution in [3.05, 3.63) is 74.6 Å². The van der Waals surface area contributed by atoms with Gasteiger partial charge in [0, 0.05) is 20.4 Å². The summed E-state index contributed by atoms with van der Waals surface area (Å²) in [5.41, 5.74) is 0.330. The lowest BCUT2D eigenvalue weighted by Gasteiger charge is -2.06. The molecule has 1 amide bonds. The Hall–Kier alpha value is -3.08. The van der Waals surface area contributed by atoms with E-state index in [1.165, 1.54) is 19.1 Å². The van der Waals surface area contributed by atoms with Gasteiger partial charge < -0.3 is 14.8 Å². The number of halogens is 2. The van der Waals surface area contributed by atoms with Gasteiger partial charge in [0.2, 0.25) is 5.78 Å². The van der Waals surface area contributed by atoms with Crippen molar-refractivity contribution in [3.8, 4) is 6.07 Å². The molecule has 6 nitrogen and oxygen atoms in total. The number of aliphatic hydroxyl groups is 1. The van der Waals surface area contributed by atoms with E-state index >= 15 is 0 Å². The van der Waals surface area contributed by atoms with Crippen LogP contribution in [0.5, 0.6) is 0 Å². The van der Waals surface area contributed by atoms with Crippen LogP contribution in [0.4, 0.5) is 5.69 Å². The van der Waals surface area contributed by atoms with Crippen LogP contribution in [-0.4, -0.2) is 16.8 Å². The van der Waals surface area contributed by atoms with E-state index in [4.69, 9.17) is 21.3 Å². The fourth-order valence-electron chi connectivity index (χ4n) is 2.56. The third-order valence-corrected chi connectivity index (χ3v) is 4.65. The van der Waals surface area contributed by atoms with Crippen molar-refractivity contribution in [1.29, 1.82) is 5.26 Å². The van der Waals surface area contributed by atoms with Crippen molar-refractivity contribution in [3.63, 3.8) is 0 Å². The van der Waals surface area contributed by atoms with E-state index in [2.05, 4.69) is 21.2 Å². The predicted molar refractivity (Wildman–Crippen MR) is 108 cm³/mol. The average molecular weight is 460 g/mol. The Kier molecular flexibility index (Phi) is 5.54. The van der Waals surface area contributed by atoms with Crippen LogP contribution in [0.25, 0.3) is 11.0 Å². The van der Waals surface area contributed by atoms with Crippen molar-refractivity contribution in [2.75, 3.05) is 5.32 Å². The molecule has 0 radical (unpaired) electrons. The quantitative estimate of drug-likeness (QED) is 0.236. The van der Waals surface area contributed by atoms with Crippen LogP contribution in [0.3, 0.4) is 0 Å². The first kappa shape index (κ1) is 19.7. The molecule has 0 bridgehead atoms. The number of hydrogen-bond acceptors (Lipinski definition) is 5. The van der Waals surface area contributed by atoms with Gasteiger partial charge in [-0.25, -0.2) is 0 Å². The van der Waals surface area contributed by atoms with Crippen LogP contribution in [0.1, 0.15) is 23.0 Å². The summed E-state index contributed by atoms with van der Waals surface area (Å²) < 4.78 is 6.40. The fourth-order valence-corrected chi connectivity index (χ4v) is 3.05. The van der Waals surface area contributed by atoms with Crippen molar-refractivity contribution >= 4 is 55.9 Å². The van der Waals surface area contributed by atoms with Crippen LogP contribution in [-0.2, 0) is 4.79 Å². The first-order valence-electron chi connectivity index (χ1n) is 7.95. The highest BCUT2D eigenvalue weighted by Gasteiger charge is 2.25. The number of hydrogen-bond donors (Lipinski definition) is 2. The molecule has 0 aliphatic heterocycles. The Labute approximate surface area is 173 Å². The lowest BCUT2D eigenvalue weighted by atomic mass is 10.1. The zero-order chi connectivity index (χ0) is 20.4. The van der Waals surface area contributed by atoms with Crippen LogP contribution in [0.15, 0.2) is 62.7 Å². The number of allylic oxidation sites excluding steroid dienone is 1. The lowest BCUT2D eigenvalue weighted by Crippen LogP contribution is -2.16. The second-order valence-corrected chi connectivity index (χ2v) is 7.16. The molecule has 0 atom stereocenters. The maximum atomic E-state index is 13.0. The Morgan fingerprint density at radius 3 is 2.50 bits per heavy atom. The van der Waals surface area contributed by atoms with E-state index in [1.807, 2.05) is 0 Å². The van der Waals surface area contributed by atoms with Gasteiger partial charge >= 0.3 is 0 Å². The van der Waals surface area contributed by atoms with Gasteiger partial charge in [0.05, 0.1) is 5.69 Å². The van der Waals surface area contributed by atoms with Gasteiger partial charge in [0.25, 0.3) is 5.91 Å². The number of carbonyl (C=O) groups excluding carboxylic acids is 2. The van der Waals surface area contributed by atoms with Gasteiger partial charge in [0.1, 0.15) is 17.4 Å². The van der Waals surface area contributed by atoms with Crippen LogP contribution in [0.2, 0.25) is 5.02 Å². The smallest absolute Gasteiger partial charge is 0.269 e. The number of carbonyl (C=O) groups is 2. The molecule has 8 heteroatoms. The minimum Gasteiger partial charge on any atom is -0.511 e. The summed E-state index contributed by atoms with van der Waals surface area (Å²) in [6.45, 7) is 1.22. The minimum absolute atomic E-state index is 0.100. The molecule has 2 aromatic carbocycles. The molecule has 0 aliphatic carbocycles. The molecular formula is C20H12BrClN2O4. The van der Waals surface area contributed by atoms with Crippen molar-refractivity contribution in [2.45, 2.75) is 6.92 Å². The van der Waals surface area contributed by atoms with Crippen LogP contribution in [0, 0.1) is 11.3 Å². The van der Waals surface area contributed by atoms with Crippen LogP contribution >= 0.6 is 27.5 Å². The Morgan fingerprint density at radius 2 is 1.89 bits per heavy atom. The fraction of sp³-hybridized carbons (Fsp3) is 0.0500. The summed E-state index contributed by atoms with van der Waals surface area (Å²) in [7, 11) is 0. The van der Waals surface area contributed by atoms with E-state index in [-0.39, 0.29) is 11.4 Å². The van der Waals surface area contributed by atoms with Crippen molar-refractivity contribution < 1.29 is 19.1 Å². The molecule has 140 valence electrons. The summed E-state index contributed by atoms with van der Waals surface area (Å²) >= 11 is 9.21. The second-order valence-electron chi connectivity index (χ2n) is 5.81. The van der Waals surface area contributed by atoms with E-state index in [9.17, 15) is 14.7 Å². The number of furan rings is 1. The maximum Gasteiger partial charge on any atom is 0.269 e. The Bertz CT molecular complexity index is 1170. The molecule has 28 heavy (non-hydrogen) atoms. The topological polar surface area (TPSA) is 103 Å². The SMILES string of the molecule is C/C(O)=C(\C#N)C(=O)Nc1c(C(=O)c2ccc(Cl)cc2)oc2ccc(Br)cc12. The van der Waals surface area contributed by atoms with Gasteiger partial charge in [-0.15, -0.1) is 0 Å². The highest BCUT2D eigenvalue weighted by molar-refractivity contribution is 9.10. The third-order valence-electron chi connectivity index (χ3n) is 3.90. The molecule has 1 heterocycles. The molecule has 2 N–H and O–H groups in total. The zero-order valence-corrected chi connectivity index (χ0v) is 16.8. The zero-order valence-electron chi connectivity index (χ0n) is 14.4. The number of nitrogens with zero attached hydrogens (tertiary/aromatic N) is 1. The van der Waals surface area contributed by atoms with Crippen molar-refractivity contribution in [2.24, 2.45) is 0 Å². The van der Waals surface area contributed by atoms with E-state index in [0.29, 0.717) is 26.0 Å². The molecular weight excluding hydrogens is 448 g/mol. The molecule has 1 aromatic heterocycles. The molecule has 0 saturated heterocycles. The molecule has 0 unspecified atom stereocenters. The van der Waals surface area contributed by atoms with Gasteiger partial charge in [-0.3, -0.25) is 9.59 Å². The van der Waals surface area contributed by atoms with E-state index in [1.54, 1.807) is 36.4 Å². The second kappa shape index (κ2) is 7.89. The normalized spacial score (nSPS) is 11.6. The number of rotatable bonds is 4. The molecule has 3 aromatic rings. The number of amides is 1. The molecule has 0 spiro atoms. The lowest BCUT2D eigenvalue weighted by molar-refractivity contribution is -0.112. The number of nitrogens with one attached hydrogen (secondary N) is 1. The summed E-state index contributed by atoms with van der Waals surface area (Å²) in [5.74, 6) is -1.85. The average Bonchev–Trinajstić information content (AvgIpc) is 2.99. The highest BCUT2D eigenvalue weighted by atomic mass is 79.9. The van der Waals surface area contributed by atoms with Crippen molar-refractivity contribution in [1.82, 2.24) is 0 Å². The molecule has 3 rings (SSSR count). The minimum atomic E-state index is -0.852. The summed E-state index contributed by atoms with van der Waals surface area (Å²) in [6, 6.07) is 12.9. The number of anilines is 1. The third kappa shape index (κ3) is 3.79. The first-order chi connectivity index (χ1) is 13.3. The molecule has 0 saturated carbocycles. The number of aliphatic hydroxyl groups excluding tert-OH is 1. The van der Waals surface area contributed by atoms with Gasteiger partial charge in [-0.2, -0.15) is 5.26 Å². The molecule has 0 aliphatic rings. The standard InChI is InChI=1S/C20H12BrClN2O4/c1-10(25)15(9-23)20(27)24-17-14-8-12(21)4-7-16(14)28-19(17)18(26)11-2-5-13(22)6-3-11/h2-8,25H,1H3,(H,24,27)/b15-10-. The van der Waals surface area contributed by atoms with Gasteiger partial charge in [-0.1, -0.05) is 27.5 Å². The van der Waals surface area contributed by atoms with E-state index in [0.717, 1.165) is 0 Å². The summed E-state index contributed by atoms with van der Waals surface area (Å²) in [5, 5.41) is 22.1. The number of benzene rings is 2.